The van der Waals surface area contributed by atoms with Crippen LogP contribution in [0.1, 0.15) is 0 Å². The number of hydrogen-bond acceptors (Lipinski definition) is 4. The standard InChI is InChI=1S/C47H30N4/c1-3-13-36(14-4-1)51(37-15-5-2-6-16-37)42-19-9-18-39-43-38-17-8-7-11-31(38)26-28-40(43)44(50-47(39)42)34-22-20-32(21-23-34)41-29-27-35-25-24-33-12-10-30-48-45(33)46(35)49-41/h1-30H. The topological polar surface area (TPSA) is 41.9 Å². The number of pyridine rings is 3. The summed E-state index contributed by atoms with van der Waals surface area (Å²) in [5.74, 6) is 0. The molecule has 4 heteroatoms. The highest BCUT2D eigenvalue weighted by Crippen LogP contribution is 2.43. The molecule has 0 radical (unpaired) electrons. The van der Waals surface area contributed by atoms with Crippen molar-refractivity contribution in [2.45, 2.75) is 0 Å². The lowest BCUT2D eigenvalue weighted by atomic mass is 9.94. The summed E-state index contributed by atoms with van der Waals surface area (Å²) < 4.78 is 0. The van der Waals surface area contributed by atoms with Crippen LogP contribution < -0.4 is 4.90 Å². The molecule has 0 aliphatic carbocycles. The van der Waals surface area contributed by atoms with Crippen LogP contribution in [0.2, 0.25) is 0 Å². The van der Waals surface area contributed by atoms with Gasteiger partial charge in [-0.2, -0.15) is 0 Å². The molecular formula is C47H30N4. The maximum atomic E-state index is 5.56. The van der Waals surface area contributed by atoms with E-state index in [4.69, 9.17) is 9.97 Å². The second-order valence-electron chi connectivity index (χ2n) is 12.8. The summed E-state index contributed by atoms with van der Waals surface area (Å²) in [6.45, 7) is 0. The first-order chi connectivity index (χ1) is 25.3. The Labute approximate surface area is 294 Å². The van der Waals surface area contributed by atoms with Gasteiger partial charge in [-0.25, -0.2) is 9.97 Å². The molecule has 0 N–H and O–H groups in total. The predicted octanol–water partition coefficient (Wildman–Crippen LogP) is 12.4. The zero-order valence-electron chi connectivity index (χ0n) is 27.6. The highest BCUT2D eigenvalue weighted by atomic mass is 15.1. The van der Waals surface area contributed by atoms with E-state index in [2.05, 4.69) is 180 Å². The monoisotopic (exact) mass is 650 g/mol. The van der Waals surface area contributed by atoms with E-state index in [-0.39, 0.29) is 0 Å². The maximum Gasteiger partial charge on any atom is 0.0972 e. The van der Waals surface area contributed by atoms with Crippen molar-refractivity contribution in [1.82, 2.24) is 15.0 Å². The average molecular weight is 651 g/mol. The summed E-state index contributed by atoms with van der Waals surface area (Å²) in [6, 6.07) is 61.9. The van der Waals surface area contributed by atoms with Gasteiger partial charge in [-0.15, -0.1) is 0 Å². The molecule has 4 nitrogen and oxygen atoms in total. The largest absolute Gasteiger partial charge is 0.308 e. The Morgan fingerprint density at radius 1 is 0.373 bits per heavy atom. The molecule has 0 bridgehead atoms. The lowest BCUT2D eigenvalue weighted by molar-refractivity contribution is 1.28. The van der Waals surface area contributed by atoms with Crippen molar-refractivity contribution in [3.05, 3.63) is 182 Å². The molecule has 0 saturated carbocycles. The van der Waals surface area contributed by atoms with Crippen molar-refractivity contribution in [3.8, 4) is 22.5 Å². The van der Waals surface area contributed by atoms with E-state index in [1.165, 1.54) is 16.2 Å². The van der Waals surface area contributed by atoms with Crippen LogP contribution in [0.5, 0.6) is 0 Å². The molecule has 0 spiro atoms. The zero-order valence-corrected chi connectivity index (χ0v) is 27.6. The first-order valence-corrected chi connectivity index (χ1v) is 17.2. The Hall–Kier alpha value is -6.91. The van der Waals surface area contributed by atoms with Gasteiger partial charge in [0.1, 0.15) is 0 Å². The van der Waals surface area contributed by atoms with Crippen molar-refractivity contribution >= 4 is 71.3 Å². The molecule has 0 atom stereocenters. The van der Waals surface area contributed by atoms with Crippen molar-refractivity contribution in [1.29, 1.82) is 0 Å². The number of rotatable bonds is 5. The van der Waals surface area contributed by atoms with Crippen LogP contribution in [-0.2, 0) is 0 Å². The second kappa shape index (κ2) is 11.9. The fraction of sp³-hybridized carbons (Fsp3) is 0. The van der Waals surface area contributed by atoms with Gasteiger partial charge < -0.3 is 4.90 Å². The molecule has 0 amide bonds. The fourth-order valence-corrected chi connectivity index (χ4v) is 7.45. The number of anilines is 3. The van der Waals surface area contributed by atoms with Gasteiger partial charge in [0.05, 0.1) is 33.6 Å². The minimum Gasteiger partial charge on any atom is -0.308 e. The Bertz CT molecular complexity index is 2860. The smallest absolute Gasteiger partial charge is 0.0972 e. The molecule has 238 valence electrons. The highest BCUT2D eigenvalue weighted by Gasteiger charge is 2.20. The molecule has 10 aromatic rings. The predicted molar refractivity (Wildman–Crippen MR) is 213 cm³/mol. The van der Waals surface area contributed by atoms with Crippen LogP contribution in [0, 0.1) is 0 Å². The van der Waals surface area contributed by atoms with Crippen molar-refractivity contribution in [2.75, 3.05) is 4.90 Å². The van der Waals surface area contributed by atoms with Gasteiger partial charge in [-0.05, 0) is 53.2 Å². The lowest BCUT2D eigenvalue weighted by Crippen LogP contribution is -2.11. The number of aromatic nitrogens is 3. The molecule has 0 saturated heterocycles. The van der Waals surface area contributed by atoms with Gasteiger partial charge >= 0.3 is 0 Å². The van der Waals surface area contributed by atoms with E-state index in [0.29, 0.717) is 0 Å². The van der Waals surface area contributed by atoms with Gasteiger partial charge in [0.25, 0.3) is 0 Å². The van der Waals surface area contributed by atoms with E-state index >= 15 is 0 Å². The third-order valence-corrected chi connectivity index (χ3v) is 9.85. The summed E-state index contributed by atoms with van der Waals surface area (Å²) in [5, 5.41) is 8.04. The normalized spacial score (nSPS) is 11.5. The number of nitrogens with zero attached hydrogens (tertiary/aromatic N) is 4. The van der Waals surface area contributed by atoms with E-state index in [1.54, 1.807) is 0 Å². The molecular weight excluding hydrogens is 621 g/mol. The summed E-state index contributed by atoms with van der Waals surface area (Å²) in [6.07, 6.45) is 1.83. The average Bonchev–Trinajstić information content (AvgIpc) is 3.21. The van der Waals surface area contributed by atoms with Gasteiger partial charge in [-0.1, -0.05) is 133 Å². The van der Waals surface area contributed by atoms with Gasteiger partial charge in [-0.3, -0.25) is 4.98 Å². The molecule has 10 rings (SSSR count). The highest BCUT2D eigenvalue weighted by molar-refractivity contribution is 6.24. The van der Waals surface area contributed by atoms with Crippen LogP contribution in [0.4, 0.5) is 17.1 Å². The van der Waals surface area contributed by atoms with E-state index in [1.807, 2.05) is 12.3 Å². The fourth-order valence-electron chi connectivity index (χ4n) is 7.45. The summed E-state index contributed by atoms with van der Waals surface area (Å²) >= 11 is 0. The van der Waals surface area contributed by atoms with Crippen LogP contribution in [-0.4, -0.2) is 15.0 Å². The Morgan fingerprint density at radius 3 is 1.78 bits per heavy atom. The summed E-state index contributed by atoms with van der Waals surface area (Å²) in [7, 11) is 0. The Morgan fingerprint density at radius 2 is 1.00 bits per heavy atom. The molecule has 3 aromatic heterocycles. The number of hydrogen-bond donors (Lipinski definition) is 0. The molecule has 7 aromatic carbocycles. The third kappa shape index (κ3) is 4.88. The number of para-hydroxylation sites is 3. The molecule has 51 heavy (non-hydrogen) atoms. The molecule has 3 heterocycles. The van der Waals surface area contributed by atoms with Crippen LogP contribution in [0.25, 0.3) is 76.8 Å². The molecule has 0 aliphatic heterocycles. The number of fused-ring (bicyclic) bond motifs is 8. The van der Waals surface area contributed by atoms with E-state index < -0.39 is 0 Å². The van der Waals surface area contributed by atoms with Crippen LogP contribution >= 0.6 is 0 Å². The second-order valence-corrected chi connectivity index (χ2v) is 12.8. The van der Waals surface area contributed by atoms with Crippen molar-refractivity contribution < 1.29 is 0 Å². The Kier molecular flexibility index (Phi) is 6.78. The van der Waals surface area contributed by atoms with E-state index in [0.717, 1.165) is 77.7 Å². The summed E-state index contributed by atoms with van der Waals surface area (Å²) in [4.78, 5) is 17.6. The summed E-state index contributed by atoms with van der Waals surface area (Å²) in [5.41, 5.74) is 9.92. The quantitative estimate of drug-likeness (QED) is 0.174. The lowest BCUT2D eigenvalue weighted by Gasteiger charge is -2.27. The molecule has 0 unspecified atom stereocenters. The van der Waals surface area contributed by atoms with Crippen molar-refractivity contribution in [3.63, 3.8) is 0 Å². The maximum absolute atomic E-state index is 5.56. The molecule has 0 fully saturated rings. The first kappa shape index (κ1) is 29.0. The Balaban J connectivity index is 1.20. The van der Waals surface area contributed by atoms with E-state index in [9.17, 15) is 0 Å². The van der Waals surface area contributed by atoms with Crippen LogP contribution in [0.15, 0.2) is 182 Å². The van der Waals surface area contributed by atoms with Crippen LogP contribution in [0.3, 0.4) is 0 Å². The third-order valence-electron chi connectivity index (χ3n) is 9.85. The van der Waals surface area contributed by atoms with Crippen molar-refractivity contribution in [2.24, 2.45) is 0 Å². The minimum absolute atomic E-state index is 0.915. The first-order valence-electron chi connectivity index (χ1n) is 17.2. The van der Waals surface area contributed by atoms with Gasteiger partial charge in [0.15, 0.2) is 0 Å². The SMILES string of the molecule is c1ccc(N(c2ccccc2)c2cccc3c2nc(-c2ccc(-c4ccc5ccc6cccnc6c5n4)cc2)c2ccc4ccccc4c23)cc1. The zero-order chi connectivity index (χ0) is 33.7. The minimum atomic E-state index is 0.915. The molecule has 0 aliphatic rings. The van der Waals surface area contributed by atoms with Gasteiger partial charge in [0, 0.05) is 55.6 Å². The van der Waals surface area contributed by atoms with Gasteiger partial charge in [0.2, 0.25) is 0 Å². The number of benzene rings is 7.